The van der Waals surface area contributed by atoms with Crippen molar-refractivity contribution >= 4 is 51.5 Å². The molecule has 0 bridgehead atoms. The highest BCUT2D eigenvalue weighted by atomic mass is 127. The summed E-state index contributed by atoms with van der Waals surface area (Å²) in [5, 5.41) is 4.72. The number of hydrogen-bond donors (Lipinski definition) is 1. The van der Waals surface area contributed by atoms with Crippen LogP contribution in [0.2, 0.25) is 10.0 Å². The van der Waals surface area contributed by atoms with Crippen molar-refractivity contribution in [3.8, 4) is 0 Å². The van der Waals surface area contributed by atoms with Crippen LogP contribution in [0.1, 0.15) is 11.1 Å². The second-order valence-corrected chi connectivity index (χ2v) is 6.12. The fourth-order valence-corrected chi connectivity index (χ4v) is 2.39. The van der Waals surface area contributed by atoms with Crippen LogP contribution in [0.3, 0.4) is 0 Å². The van der Waals surface area contributed by atoms with E-state index in [1.165, 1.54) is 9.13 Å². The van der Waals surface area contributed by atoms with E-state index in [2.05, 4.69) is 52.2 Å². The topological polar surface area (TPSA) is 12.0 Å². The van der Waals surface area contributed by atoms with Gasteiger partial charge in [0.05, 0.1) is 10.7 Å². The lowest BCUT2D eigenvalue weighted by molar-refractivity contribution is 1.15. The number of nitrogens with one attached hydrogen (secondary N) is 1. The Labute approximate surface area is 131 Å². The van der Waals surface area contributed by atoms with Crippen molar-refractivity contribution in [2.75, 3.05) is 5.32 Å². The van der Waals surface area contributed by atoms with Crippen LogP contribution in [0.5, 0.6) is 0 Å². The molecule has 0 spiro atoms. The highest BCUT2D eigenvalue weighted by Crippen LogP contribution is 2.29. The van der Waals surface area contributed by atoms with Crippen LogP contribution < -0.4 is 5.32 Å². The van der Waals surface area contributed by atoms with E-state index in [1.54, 1.807) is 0 Å². The summed E-state index contributed by atoms with van der Waals surface area (Å²) < 4.78 is 1.23. The third kappa shape index (κ3) is 3.53. The maximum Gasteiger partial charge on any atom is 0.0641 e. The van der Waals surface area contributed by atoms with Crippen molar-refractivity contribution in [2.24, 2.45) is 0 Å². The molecular formula is C14H12Cl2IN. The summed E-state index contributed by atoms with van der Waals surface area (Å²) in [6.45, 7) is 2.67. The highest BCUT2D eigenvalue weighted by Gasteiger charge is 2.04. The molecule has 0 unspecified atom stereocenters. The van der Waals surface area contributed by atoms with Gasteiger partial charge in [-0.15, -0.1) is 0 Å². The number of anilines is 1. The van der Waals surface area contributed by atoms with Gasteiger partial charge in [0.15, 0.2) is 0 Å². The summed E-state index contributed by atoms with van der Waals surface area (Å²) in [7, 11) is 0. The molecule has 0 aliphatic carbocycles. The Hall–Kier alpha value is -0.450. The molecule has 0 fully saturated rings. The first-order valence-corrected chi connectivity index (χ1v) is 7.33. The Kier molecular flexibility index (Phi) is 4.76. The second-order valence-electron chi connectivity index (χ2n) is 4.06. The number of benzene rings is 2. The molecule has 2 rings (SSSR count). The summed E-state index contributed by atoms with van der Waals surface area (Å²) in [6, 6.07) is 12.1. The van der Waals surface area contributed by atoms with Crippen LogP contribution in [0, 0.1) is 10.5 Å². The van der Waals surface area contributed by atoms with Crippen LogP contribution in [-0.2, 0) is 6.54 Å². The number of halogens is 3. The molecule has 1 N–H and O–H groups in total. The zero-order valence-corrected chi connectivity index (χ0v) is 13.5. The molecule has 94 valence electrons. The van der Waals surface area contributed by atoms with Gasteiger partial charge in [-0.2, -0.15) is 0 Å². The second kappa shape index (κ2) is 6.13. The predicted octanol–water partition coefficient (Wildman–Crippen LogP) is 5.52. The van der Waals surface area contributed by atoms with E-state index in [-0.39, 0.29) is 0 Å². The Bertz CT molecular complexity index is 552. The molecule has 0 radical (unpaired) electrons. The fraction of sp³-hybridized carbons (Fsp3) is 0.143. The molecular weight excluding hydrogens is 380 g/mol. The van der Waals surface area contributed by atoms with Gasteiger partial charge < -0.3 is 5.32 Å². The SMILES string of the molecule is Cc1cc(Cl)c(NCc2ccc(I)cc2)cc1Cl. The van der Waals surface area contributed by atoms with E-state index in [1.807, 2.05) is 19.1 Å². The molecule has 0 aliphatic heterocycles. The molecule has 0 amide bonds. The molecule has 0 aromatic heterocycles. The van der Waals surface area contributed by atoms with Crippen LogP contribution in [-0.4, -0.2) is 0 Å². The normalized spacial score (nSPS) is 10.4. The third-order valence-corrected chi connectivity index (χ3v) is 4.08. The molecule has 0 atom stereocenters. The first-order valence-electron chi connectivity index (χ1n) is 5.50. The summed E-state index contributed by atoms with van der Waals surface area (Å²) >= 11 is 14.6. The van der Waals surface area contributed by atoms with Crippen molar-refractivity contribution < 1.29 is 0 Å². The van der Waals surface area contributed by atoms with Crippen molar-refractivity contribution in [3.63, 3.8) is 0 Å². The molecule has 18 heavy (non-hydrogen) atoms. The van der Waals surface area contributed by atoms with Gasteiger partial charge in [-0.1, -0.05) is 35.3 Å². The summed E-state index contributed by atoms with van der Waals surface area (Å²) in [5.41, 5.74) is 3.07. The summed E-state index contributed by atoms with van der Waals surface area (Å²) in [6.07, 6.45) is 0. The minimum absolute atomic E-state index is 0.697. The van der Waals surface area contributed by atoms with Crippen LogP contribution in [0.15, 0.2) is 36.4 Å². The zero-order chi connectivity index (χ0) is 13.1. The van der Waals surface area contributed by atoms with Gasteiger partial charge in [0, 0.05) is 15.1 Å². The van der Waals surface area contributed by atoms with E-state index < -0.39 is 0 Å². The summed E-state index contributed by atoms with van der Waals surface area (Å²) in [4.78, 5) is 0. The number of hydrogen-bond acceptors (Lipinski definition) is 1. The van der Waals surface area contributed by atoms with Gasteiger partial charge in [-0.3, -0.25) is 0 Å². The van der Waals surface area contributed by atoms with Crippen molar-refractivity contribution in [1.82, 2.24) is 0 Å². The summed E-state index contributed by atoms with van der Waals surface area (Å²) in [5.74, 6) is 0. The number of rotatable bonds is 3. The molecule has 1 nitrogen and oxygen atoms in total. The Morgan fingerprint density at radius 3 is 2.39 bits per heavy atom. The van der Waals surface area contributed by atoms with Gasteiger partial charge in [-0.05, 0) is 64.9 Å². The van der Waals surface area contributed by atoms with Crippen molar-refractivity contribution in [3.05, 3.63) is 61.1 Å². The molecule has 0 saturated heterocycles. The first-order chi connectivity index (χ1) is 8.56. The first kappa shape index (κ1) is 14.0. The monoisotopic (exact) mass is 391 g/mol. The lowest BCUT2D eigenvalue weighted by Gasteiger charge is -2.10. The minimum atomic E-state index is 0.697. The Balaban J connectivity index is 2.10. The van der Waals surface area contributed by atoms with Gasteiger partial charge >= 0.3 is 0 Å². The van der Waals surface area contributed by atoms with E-state index in [0.717, 1.165) is 22.8 Å². The van der Waals surface area contributed by atoms with E-state index in [4.69, 9.17) is 23.2 Å². The molecule has 2 aromatic carbocycles. The maximum absolute atomic E-state index is 6.17. The van der Waals surface area contributed by atoms with Crippen LogP contribution >= 0.6 is 45.8 Å². The van der Waals surface area contributed by atoms with E-state index in [9.17, 15) is 0 Å². The third-order valence-electron chi connectivity index (χ3n) is 2.64. The smallest absolute Gasteiger partial charge is 0.0641 e. The average molecular weight is 392 g/mol. The highest BCUT2D eigenvalue weighted by molar-refractivity contribution is 14.1. The number of aryl methyl sites for hydroxylation is 1. The van der Waals surface area contributed by atoms with Gasteiger partial charge in [-0.25, -0.2) is 0 Å². The van der Waals surface area contributed by atoms with Crippen molar-refractivity contribution in [1.29, 1.82) is 0 Å². The van der Waals surface area contributed by atoms with E-state index >= 15 is 0 Å². The van der Waals surface area contributed by atoms with Crippen LogP contribution in [0.4, 0.5) is 5.69 Å². The minimum Gasteiger partial charge on any atom is -0.380 e. The molecule has 0 heterocycles. The van der Waals surface area contributed by atoms with Crippen molar-refractivity contribution in [2.45, 2.75) is 13.5 Å². The molecule has 0 aliphatic rings. The predicted molar refractivity (Wildman–Crippen MR) is 87.7 cm³/mol. The van der Waals surface area contributed by atoms with Gasteiger partial charge in [0.2, 0.25) is 0 Å². The standard InChI is InChI=1S/C14H12Cl2IN/c1-9-6-13(16)14(7-12(9)15)18-8-10-2-4-11(17)5-3-10/h2-7,18H,8H2,1H3. The fourth-order valence-electron chi connectivity index (χ4n) is 1.58. The van der Waals surface area contributed by atoms with Gasteiger partial charge in [0.25, 0.3) is 0 Å². The molecule has 2 aromatic rings. The maximum atomic E-state index is 6.17. The Morgan fingerprint density at radius 2 is 1.72 bits per heavy atom. The zero-order valence-electron chi connectivity index (χ0n) is 9.81. The Morgan fingerprint density at radius 1 is 1.06 bits per heavy atom. The van der Waals surface area contributed by atoms with E-state index in [0.29, 0.717) is 5.02 Å². The molecule has 0 saturated carbocycles. The lowest BCUT2D eigenvalue weighted by Crippen LogP contribution is -2.00. The van der Waals surface area contributed by atoms with Gasteiger partial charge in [0.1, 0.15) is 0 Å². The van der Waals surface area contributed by atoms with Crippen LogP contribution in [0.25, 0.3) is 0 Å². The quantitative estimate of drug-likeness (QED) is 0.679. The molecule has 4 heteroatoms. The largest absolute Gasteiger partial charge is 0.380 e. The average Bonchev–Trinajstić information content (AvgIpc) is 2.34. The lowest BCUT2D eigenvalue weighted by atomic mass is 10.2.